The molecular formula is C11H9NO4. The summed E-state index contributed by atoms with van der Waals surface area (Å²) in [6.07, 6.45) is -1.58. The molecule has 5 nitrogen and oxygen atoms in total. The Labute approximate surface area is 91.1 Å². The second kappa shape index (κ2) is 3.86. The third kappa shape index (κ3) is 1.61. The lowest BCUT2D eigenvalue weighted by atomic mass is 9.94. The van der Waals surface area contributed by atoms with Gasteiger partial charge in [-0.2, -0.15) is 0 Å². The third-order valence-electron chi connectivity index (χ3n) is 2.45. The Morgan fingerprint density at radius 3 is 2.25 bits per heavy atom. The van der Waals surface area contributed by atoms with Gasteiger partial charge in [0.05, 0.1) is 0 Å². The molecule has 2 unspecified atom stereocenters. The van der Waals surface area contributed by atoms with E-state index in [0.29, 0.717) is 5.56 Å². The highest BCUT2D eigenvalue weighted by Gasteiger charge is 2.45. The van der Waals surface area contributed by atoms with Crippen LogP contribution in [0.4, 0.5) is 0 Å². The van der Waals surface area contributed by atoms with E-state index in [4.69, 9.17) is 0 Å². The lowest BCUT2D eigenvalue weighted by Gasteiger charge is -2.08. The van der Waals surface area contributed by atoms with Gasteiger partial charge in [0.15, 0.2) is 11.9 Å². The molecule has 2 amide bonds. The number of imide groups is 1. The van der Waals surface area contributed by atoms with Crippen molar-refractivity contribution in [3.8, 4) is 0 Å². The molecule has 1 aromatic carbocycles. The highest BCUT2D eigenvalue weighted by Crippen LogP contribution is 2.17. The van der Waals surface area contributed by atoms with E-state index < -0.39 is 29.6 Å². The predicted molar refractivity (Wildman–Crippen MR) is 53.4 cm³/mol. The first-order chi connectivity index (χ1) is 7.61. The Bertz CT molecular complexity index is 454. The molecule has 1 aromatic rings. The van der Waals surface area contributed by atoms with E-state index in [1.807, 2.05) is 5.32 Å². The molecular weight excluding hydrogens is 210 g/mol. The van der Waals surface area contributed by atoms with Gasteiger partial charge in [0, 0.05) is 5.56 Å². The predicted octanol–water partition coefficient (Wildman–Crippen LogP) is -0.497. The minimum absolute atomic E-state index is 0.302. The van der Waals surface area contributed by atoms with Gasteiger partial charge in [0.2, 0.25) is 5.91 Å². The lowest BCUT2D eigenvalue weighted by molar-refractivity contribution is -0.127. The van der Waals surface area contributed by atoms with E-state index >= 15 is 0 Å². The molecule has 1 heterocycles. The molecule has 0 spiro atoms. The summed E-state index contributed by atoms with van der Waals surface area (Å²) in [7, 11) is 0. The van der Waals surface area contributed by atoms with Gasteiger partial charge in [-0.1, -0.05) is 30.3 Å². The third-order valence-corrected chi connectivity index (χ3v) is 2.45. The molecule has 1 saturated heterocycles. The van der Waals surface area contributed by atoms with Crippen LogP contribution in [0.3, 0.4) is 0 Å². The standard InChI is InChI=1S/C11H9NO4/c13-8(6-4-2-1-3-5-6)7-9(14)11(16)12-10(7)15/h1-5,7,9,14H,(H,12,15,16). The average Bonchev–Trinajstić information content (AvgIpc) is 2.54. The SMILES string of the molecule is O=C1NC(=O)C(C(=O)c2ccccc2)C1O. The maximum Gasteiger partial charge on any atom is 0.256 e. The molecule has 2 atom stereocenters. The largest absolute Gasteiger partial charge is 0.382 e. The fourth-order valence-electron chi connectivity index (χ4n) is 1.61. The number of aliphatic hydroxyl groups is 1. The number of hydrogen-bond acceptors (Lipinski definition) is 4. The number of Topliss-reactive ketones (excluding diaryl/α,β-unsaturated/α-hetero) is 1. The smallest absolute Gasteiger partial charge is 0.256 e. The minimum atomic E-state index is -1.58. The van der Waals surface area contributed by atoms with E-state index in [-0.39, 0.29) is 0 Å². The van der Waals surface area contributed by atoms with Crippen molar-refractivity contribution >= 4 is 17.6 Å². The molecule has 1 aliphatic rings. The highest BCUT2D eigenvalue weighted by atomic mass is 16.3. The number of amides is 2. The number of hydrogen-bond donors (Lipinski definition) is 2. The molecule has 16 heavy (non-hydrogen) atoms. The zero-order chi connectivity index (χ0) is 11.7. The Morgan fingerprint density at radius 2 is 1.75 bits per heavy atom. The van der Waals surface area contributed by atoms with Crippen molar-refractivity contribution in [3.63, 3.8) is 0 Å². The van der Waals surface area contributed by atoms with Gasteiger partial charge in [-0.05, 0) is 0 Å². The maximum absolute atomic E-state index is 11.8. The lowest BCUT2D eigenvalue weighted by Crippen LogP contribution is -2.30. The van der Waals surface area contributed by atoms with Crippen LogP contribution in [-0.2, 0) is 9.59 Å². The van der Waals surface area contributed by atoms with Crippen LogP contribution in [0, 0.1) is 5.92 Å². The zero-order valence-corrected chi connectivity index (χ0v) is 8.21. The Balaban J connectivity index is 2.30. The van der Waals surface area contributed by atoms with Crippen LogP contribution in [0.5, 0.6) is 0 Å². The fraction of sp³-hybridized carbons (Fsp3) is 0.182. The van der Waals surface area contributed by atoms with Crippen molar-refractivity contribution in [2.75, 3.05) is 0 Å². The van der Waals surface area contributed by atoms with Crippen LogP contribution in [0.2, 0.25) is 0 Å². The fourth-order valence-corrected chi connectivity index (χ4v) is 1.61. The van der Waals surface area contributed by atoms with Crippen molar-refractivity contribution in [2.45, 2.75) is 6.10 Å². The number of benzene rings is 1. The summed E-state index contributed by atoms with van der Waals surface area (Å²) in [4.78, 5) is 34.1. The van der Waals surface area contributed by atoms with E-state index in [9.17, 15) is 19.5 Å². The summed E-state index contributed by atoms with van der Waals surface area (Å²) in [5.74, 6) is -3.43. The summed E-state index contributed by atoms with van der Waals surface area (Å²) in [5.41, 5.74) is 0.302. The van der Waals surface area contributed by atoms with Crippen LogP contribution in [0.25, 0.3) is 0 Å². The van der Waals surface area contributed by atoms with Gasteiger partial charge in [-0.15, -0.1) is 0 Å². The quantitative estimate of drug-likeness (QED) is 0.399. The Morgan fingerprint density at radius 1 is 1.12 bits per heavy atom. The van der Waals surface area contributed by atoms with Gasteiger partial charge in [-0.25, -0.2) is 0 Å². The molecule has 5 heteroatoms. The van der Waals surface area contributed by atoms with Crippen LogP contribution in [-0.4, -0.2) is 28.8 Å². The van der Waals surface area contributed by atoms with E-state index in [1.165, 1.54) is 12.1 Å². The zero-order valence-electron chi connectivity index (χ0n) is 8.21. The molecule has 0 aromatic heterocycles. The summed E-state index contributed by atoms with van der Waals surface area (Å²) in [6, 6.07) is 8.09. The van der Waals surface area contributed by atoms with Gasteiger partial charge in [0.1, 0.15) is 5.92 Å². The molecule has 82 valence electrons. The monoisotopic (exact) mass is 219 g/mol. The average molecular weight is 219 g/mol. The van der Waals surface area contributed by atoms with Crippen LogP contribution >= 0.6 is 0 Å². The van der Waals surface area contributed by atoms with E-state index in [1.54, 1.807) is 18.2 Å². The number of aliphatic hydroxyl groups excluding tert-OH is 1. The first-order valence-electron chi connectivity index (χ1n) is 4.73. The summed E-state index contributed by atoms with van der Waals surface area (Å²) in [5, 5.41) is 11.3. The van der Waals surface area contributed by atoms with Crippen molar-refractivity contribution in [2.24, 2.45) is 5.92 Å². The summed E-state index contributed by atoms with van der Waals surface area (Å²) >= 11 is 0. The molecule has 0 bridgehead atoms. The van der Waals surface area contributed by atoms with Crippen molar-refractivity contribution in [3.05, 3.63) is 35.9 Å². The highest BCUT2D eigenvalue weighted by molar-refractivity contribution is 6.20. The van der Waals surface area contributed by atoms with E-state index in [2.05, 4.69) is 0 Å². The Hall–Kier alpha value is -2.01. The Kier molecular flexibility index (Phi) is 2.54. The second-order valence-electron chi connectivity index (χ2n) is 3.51. The number of carbonyl (C=O) groups excluding carboxylic acids is 3. The normalized spacial score (nSPS) is 24.3. The topological polar surface area (TPSA) is 83.5 Å². The van der Waals surface area contributed by atoms with Crippen LogP contribution in [0.1, 0.15) is 10.4 Å². The van der Waals surface area contributed by atoms with Gasteiger partial charge >= 0.3 is 0 Å². The molecule has 1 fully saturated rings. The van der Waals surface area contributed by atoms with Crippen molar-refractivity contribution in [1.82, 2.24) is 5.32 Å². The summed E-state index contributed by atoms with van der Waals surface area (Å²) < 4.78 is 0. The molecule has 1 aliphatic heterocycles. The molecule has 2 rings (SSSR count). The second-order valence-corrected chi connectivity index (χ2v) is 3.51. The van der Waals surface area contributed by atoms with Crippen LogP contribution < -0.4 is 5.32 Å². The maximum atomic E-state index is 11.8. The van der Waals surface area contributed by atoms with Gasteiger partial charge in [0.25, 0.3) is 5.91 Å². The molecule has 0 aliphatic carbocycles. The number of ketones is 1. The number of rotatable bonds is 2. The van der Waals surface area contributed by atoms with Gasteiger partial charge in [-0.3, -0.25) is 19.7 Å². The minimum Gasteiger partial charge on any atom is -0.382 e. The van der Waals surface area contributed by atoms with Crippen LogP contribution in [0.15, 0.2) is 30.3 Å². The van der Waals surface area contributed by atoms with E-state index in [0.717, 1.165) is 0 Å². The molecule has 0 radical (unpaired) electrons. The summed E-state index contributed by atoms with van der Waals surface area (Å²) in [6.45, 7) is 0. The first kappa shape index (κ1) is 10.5. The van der Waals surface area contributed by atoms with Crippen molar-refractivity contribution in [1.29, 1.82) is 0 Å². The molecule has 0 saturated carbocycles. The number of nitrogens with one attached hydrogen (secondary N) is 1. The molecule has 2 N–H and O–H groups in total. The first-order valence-corrected chi connectivity index (χ1v) is 4.73. The van der Waals surface area contributed by atoms with Gasteiger partial charge < -0.3 is 5.11 Å². The number of carbonyl (C=O) groups is 3. The van der Waals surface area contributed by atoms with Crippen molar-refractivity contribution < 1.29 is 19.5 Å².